The quantitative estimate of drug-likeness (QED) is 0.694. The summed E-state index contributed by atoms with van der Waals surface area (Å²) in [6.45, 7) is 0. The van der Waals surface area contributed by atoms with Crippen LogP contribution in [-0.4, -0.2) is 14.4 Å². The third-order valence-electron chi connectivity index (χ3n) is 2.50. The first kappa shape index (κ1) is 9.77. The molecule has 0 saturated heterocycles. The van der Waals surface area contributed by atoms with Gasteiger partial charge in [0.05, 0.1) is 23.8 Å². The zero-order chi connectivity index (χ0) is 11.8. The summed E-state index contributed by atoms with van der Waals surface area (Å²) < 4.78 is 14.9. The van der Waals surface area contributed by atoms with Crippen molar-refractivity contribution in [2.75, 3.05) is 5.73 Å². The number of hydrogen-bond donors (Lipinski definition) is 1. The maximum atomic E-state index is 13.2. The molecule has 0 amide bonds. The molecule has 4 nitrogen and oxygen atoms in total. The largest absolute Gasteiger partial charge is 0.396 e. The van der Waals surface area contributed by atoms with E-state index in [2.05, 4.69) is 9.97 Å². The summed E-state index contributed by atoms with van der Waals surface area (Å²) in [4.78, 5) is 8.22. The highest BCUT2D eigenvalue weighted by molar-refractivity contribution is 5.63. The van der Waals surface area contributed by atoms with Crippen LogP contribution in [0.25, 0.3) is 17.0 Å². The van der Waals surface area contributed by atoms with Gasteiger partial charge < -0.3 is 5.73 Å². The third kappa shape index (κ3) is 1.61. The van der Waals surface area contributed by atoms with Gasteiger partial charge in [-0.3, -0.25) is 4.40 Å². The standard InChI is InChI=1S/C12H9FN4/c13-9-3-1-2-8(4-9)11-6-16-12-15-5-10(14)7-17(11)12/h1-7H,14H2. The van der Waals surface area contributed by atoms with Gasteiger partial charge in [-0.2, -0.15) is 0 Å². The van der Waals surface area contributed by atoms with Crippen molar-refractivity contribution in [2.24, 2.45) is 0 Å². The second kappa shape index (κ2) is 3.55. The minimum Gasteiger partial charge on any atom is -0.396 e. The number of anilines is 1. The molecule has 2 N–H and O–H groups in total. The Morgan fingerprint density at radius 3 is 2.82 bits per heavy atom. The average Bonchev–Trinajstić information content (AvgIpc) is 2.71. The highest BCUT2D eigenvalue weighted by atomic mass is 19.1. The van der Waals surface area contributed by atoms with Gasteiger partial charge in [-0.15, -0.1) is 0 Å². The van der Waals surface area contributed by atoms with Crippen LogP contribution < -0.4 is 5.73 Å². The summed E-state index contributed by atoms with van der Waals surface area (Å²) in [6, 6.07) is 6.32. The van der Waals surface area contributed by atoms with Crippen LogP contribution in [0.4, 0.5) is 10.1 Å². The number of nitrogens with zero attached hydrogens (tertiary/aromatic N) is 3. The molecule has 5 heteroatoms. The highest BCUT2D eigenvalue weighted by Gasteiger charge is 2.07. The summed E-state index contributed by atoms with van der Waals surface area (Å²) in [5.74, 6) is 0.257. The number of hydrogen-bond acceptors (Lipinski definition) is 3. The molecular weight excluding hydrogens is 219 g/mol. The summed E-state index contributed by atoms with van der Waals surface area (Å²) >= 11 is 0. The van der Waals surface area contributed by atoms with Gasteiger partial charge in [-0.1, -0.05) is 12.1 Å². The Morgan fingerprint density at radius 2 is 2.00 bits per heavy atom. The molecule has 2 aromatic heterocycles. The molecule has 84 valence electrons. The Bertz CT molecular complexity index is 690. The van der Waals surface area contributed by atoms with E-state index < -0.39 is 0 Å². The second-order valence-corrected chi connectivity index (χ2v) is 3.71. The van der Waals surface area contributed by atoms with Crippen LogP contribution in [0, 0.1) is 5.82 Å². The lowest BCUT2D eigenvalue weighted by Crippen LogP contribution is -1.95. The maximum absolute atomic E-state index is 13.2. The van der Waals surface area contributed by atoms with Crippen LogP contribution in [0.5, 0.6) is 0 Å². The molecule has 3 rings (SSSR count). The van der Waals surface area contributed by atoms with Crippen molar-refractivity contribution >= 4 is 11.5 Å². The molecule has 0 aliphatic carbocycles. The Balaban J connectivity index is 2.27. The number of aromatic nitrogens is 3. The maximum Gasteiger partial charge on any atom is 0.234 e. The van der Waals surface area contributed by atoms with Crippen LogP contribution >= 0.6 is 0 Å². The molecule has 1 aromatic carbocycles. The van der Waals surface area contributed by atoms with Gasteiger partial charge in [-0.25, -0.2) is 14.4 Å². The molecule has 3 aromatic rings. The number of halogens is 1. The van der Waals surface area contributed by atoms with Crippen LogP contribution in [0.15, 0.2) is 42.9 Å². The molecule has 0 bridgehead atoms. The van der Waals surface area contributed by atoms with Gasteiger partial charge in [0.25, 0.3) is 0 Å². The first-order chi connectivity index (χ1) is 8.24. The fourth-order valence-electron chi connectivity index (χ4n) is 1.75. The van der Waals surface area contributed by atoms with E-state index in [-0.39, 0.29) is 5.82 Å². The van der Waals surface area contributed by atoms with E-state index in [0.717, 1.165) is 11.3 Å². The van der Waals surface area contributed by atoms with Crippen LogP contribution in [0.2, 0.25) is 0 Å². The number of fused-ring (bicyclic) bond motifs is 1. The van der Waals surface area contributed by atoms with Crippen molar-refractivity contribution < 1.29 is 4.39 Å². The number of nitrogens with two attached hydrogens (primary N) is 1. The van der Waals surface area contributed by atoms with Crippen LogP contribution in [0.1, 0.15) is 0 Å². The lowest BCUT2D eigenvalue weighted by molar-refractivity contribution is 0.628. The zero-order valence-electron chi connectivity index (χ0n) is 8.84. The predicted molar refractivity (Wildman–Crippen MR) is 62.8 cm³/mol. The fourth-order valence-corrected chi connectivity index (χ4v) is 1.75. The summed E-state index contributed by atoms with van der Waals surface area (Å²) in [5.41, 5.74) is 7.71. The molecule has 0 radical (unpaired) electrons. The third-order valence-corrected chi connectivity index (χ3v) is 2.50. The number of imidazole rings is 1. The van der Waals surface area contributed by atoms with Gasteiger partial charge in [0.15, 0.2) is 0 Å². The van der Waals surface area contributed by atoms with Crippen LogP contribution in [0.3, 0.4) is 0 Å². The van der Waals surface area contributed by atoms with Gasteiger partial charge >= 0.3 is 0 Å². The van der Waals surface area contributed by atoms with E-state index in [9.17, 15) is 4.39 Å². The van der Waals surface area contributed by atoms with Crippen molar-refractivity contribution in [3.63, 3.8) is 0 Å². The molecule has 0 fully saturated rings. The van der Waals surface area contributed by atoms with Crippen molar-refractivity contribution in [1.29, 1.82) is 0 Å². The summed E-state index contributed by atoms with van der Waals surface area (Å²) in [6.07, 6.45) is 4.91. The van der Waals surface area contributed by atoms with Gasteiger partial charge in [0, 0.05) is 11.8 Å². The number of benzene rings is 1. The zero-order valence-corrected chi connectivity index (χ0v) is 8.84. The Kier molecular flexibility index (Phi) is 2.04. The van der Waals surface area contributed by atoms with Crippen molar-refractivity contribution in [2.45, 2.75) is 0 Å². The van der Waals surface area contributed by atoms with Crippen molar-refractivity contribution in [3.8, 4) is 11.3 Å². The molecule has 0 aliphatic heterocycles. The molecule has 0 saturated carbocycles. The first-order valence-electron chi connectivity index (χ1n) is 5.08. The van der Waals surface area contributed by atoms with Gasteiger partial charge in [-0.05, 0) is 12.1 Å². The van der Waals surface area contributed by atoms with E-state index >= 15 is 0 Å². The molecule has 0 atom stereocenters. The van der Waals surface area contributed by atoms with Crippen molar-refractivity contribution in [3.05, 3.63) is 48.7 Å². The van der Waals surface area contributed by atoms with Crippen molar-refractivity contribution in [1.82, 2.24) is 14.4 Å². The van der Waals surface area contributed by atoms with E-state index in [1.54, 1.807) is 22.9 Å². The predicted octanol–water partition coefficient (Wildman–Crippen LogP) is 2.12. The smallest absolute Gasteiger partial charge is 0.234 e. The molecule has 17 heavy (non-hydrogen) atoms. The Morgan fingerprint density at radius 1 is 1.18 bits per heavy atom. The topological polar surface area (TPSA) is 56.2 Å². The Labute approximate surface area is 96.6 Å². The molecular formula is C12H9FN4. The summed E-state index contributed by atoms with van der Waals surface area (Å²) in [7, 11) is 0. The van der Waals surface area contributed by atoms with E-state index in [1.807, 2.05) is 6.07 Å². The first-order valence-corrected chi connectivity index (χ1v) is 5.08. The lowest BCUT2D eigenvalue weighted by atomic mass is 10.1. The van der Waals surface area contributed by atoms with Gasteiger partial charge in [0.2, 0.25) is 5.78 Å². The summed E-state index contributed by atoms with van der Waals surface area (Å²) in [5, 5.41) is 0. The molecule has 0 aliphatic rings. The van der Waals surface area contributed by atoms with Gasteiger partial charge in [0.1, 0.15) is 5.82 Å². The van der Waals surface area contributed by atoms with E-state index in [0.29, 0.717) is 11.5 Å². The lowest BCUT2D eigenvalue weighted by Gasteiger charge is -2.02. The SMILES string of the molecule is Nc1cnc2ncc(-c3cccc(F)c3)n2c1. The minimum absolute atomic E-state index is 0.283. The molecule has 2 heterocycles. The highest BCUT2D eigenvalue weighted by Crippen LogP contribution is 2.21. The monoisotopic (exact) mass is 228 g/mol. The normalized spacial score (nSPS) is 10.9. The molecule has 0 spiro atoms. The van der Waals surface area contributed by atoms with E-state index in [4.69, 9.17) is 5.73 Å². The van der Waals surface area contributed by atoms with Crippen LogP contribution in [-0.2, 0) is 0 Å². The fraction of sp³-hybridized carbons (Fsp3) is 0. The average molecular weight is 228 g/mol. The minimum atomic E-state index is -0.283. The Hall–Kier alpha value is -2.43. The number of nitrogen functional groups attached to an aromatic ring is 1. The second-order valence-electron chi connectivity index (χ2n) is 3.71. The van der Waals surface area contributed by atoms with E-state index in [1.165, 1.54) is 18.3 Å². The number of rotatable bonds is 1. The molecule has 0 unspecified atom stereocenters.